The molecular weight excluding hydrogens is 269 g/mol. The van der Waals surface area contributed by atoms with Gasteiger partial charge in [0, 0.05) is 41.0 Å². The molecule has 2 unspecified atom stereocenters. The first-order valence-corrected chi connectivity index (χ1v) is 7.47. The van der Waals surface area contributed by atoms with Gasteiger partial charge in [0.05, 0.1) is 18.1 Å². The van der Waals surface area contributed by atoms with Crippen molar-refractivity contribution in [3.05, 3.63) is 17.9 Å². The average molecular weight is 285 g/mol. The van der Waals surface area contributed by atoms with Crippen LogP contribution in [-0.4, -0.2) is 32.9 Å². The van der Waals surface area contributed by atoms with E-state index in [9.17, 15) is 8.60 Å². The summed E-state index contributed by atoms with van der Waals surface area (Å²) in [4.78, 5) is 4.12. The van der Waals surface area contributed by atoms with Crippen LogP contribution in [0.2, 0.25) is 0 Å². The predicted molar refractivity (Wildman–Crippen MR) is 74.3 cm³/mol. The summed E-state index contributed by atoms with van der Waals surface area (Å²) >= 11 is 0. The molecule has 0 aliphatic heterocycles. The maximum absolute atomic E-state index is 13.6. The maximum atomic E-state index is 13.6. The lowest BCUT2D eigenvalue weighted by molar-refractivity contribution is 0.387. The van der Waals surface area contributed by atoms with Crippen LogP contribution in [0.5, 0.6) is 5.75 Å². The van der Waals surface area contributed by atoms with Gasteiger partial charge in [0.2, 0.25) is 5.95 Å². The Morgan fingerprint density at radius 3 is 2.84 bits per heavy atom. The predicted octanol–water partition coefficient (Wildman–Crippen LogP) is 1.71. The Morgan fingerprint density at radius 2 is 2.26 bits per heavy atom. The first-order chi connectivity index (χ1) is 8.93. The molecule has 0 bridgehead atoms. The molecule has 2 atom stereocenters. The van der Waals surface area contributed by atoms with Crippen molar-refractivity contribution in [3.63, 3.8) is 0 Å². The third kappa shape index (κ3) is 2.56. The van der Waals surface area contributed by atoms with Crippen LogP contribution in [0.25, 0.3) is 11.0 Å². The van der Waals surface area contributed by atoms with E-state index in [2.05, 4.69) is 4.98 Å². The van der Waals surface area contributed by atoms with Crippen LogP contribution in [0.1, 0.15) is 13.0 Å². The Balaban J connectivity index is 2.59. The third-order valence-corrected chi connectivity index (χ3v) is 3.86. The van der Waals surface area contributed by atoms with E-state index in [1.807, 2.05) is 6.92 Å². The van der Waals surface area contributed by atoms with E-state index in [4.69, 9.17) is 10.5 Å². The normalized spacial score (nSPS) is 14.5. The Hall–Kier alpha value is -1.63. The van der Waals surface area contributed by atoms with Crippen LogP contribution in [-0.2, 0) is 10.8 Å². The molecule has 0 radical (unpaired) electrons. The fraction of sp³-hybridized carbons (Fsp3) is 0.417. The van der Waals surface area contributed by atoms with Gasteiger partial charge in [-0.2, -0.15) is 0 Å². The van der Waals surface area contributed by atoms with Crippen molar-refractivity contribution in [2.75, 3.05) is 24.9 Å². The number of hydrogen-bond donors (Lipinski definition) is 1. The van der Waals surface area contributed by atoms with Gasteiger partial charge in [-0.3, -0.25) is 4.21 Å². The molecule has 19 heavy (non-hydrogen) atoms. The second kappa shape index (κ2) is 5.16. The van der Waals surface area contributed by atoms with Crippen molar-refractivity contribution in [3.8, 4) is 5.75 Å². The van der Waals surface area contributed by atoms with Gasteiger partial charge in [0.1, 0.15) is 0 Å². The van der Waals surface area contributed by atoms with E-state index in [0.29, 0.717) is 16.8 Å². The molecule has 104 valence electrons. The fourth-order valence-corrected chi connectivity index (χ4v) is 2.98. The van der Waals surface area contributed by atoms with E-state index in [-0.39, 0.29) is 17.7 Å². The van der Waals surface area contributed by atoms with Crippen LogP contribution in [0.15, 0.2) is 12.1 Å². The number of hydrogen-bond acceptors (Lipinski definition) is 4. The van der Waals surface area contributed by atoms with E-state index >= 15 is 0 Å². The van der Waals surface area contributed by atoms with Gasteiger partial charge in [0.15, 0.2) is 11.6 Å². The van der Waals surface area contributed by atoms with E-state index in [1.54, 1.807) is 16.9 Å². The van der Waals surface area contributed by atoms with Gasteiger partial charge < -0.3 is 15.0 Å². The quantitative estimate of drug-likeness (QED) is 0.928. The lowest BCUT2D eigenvalue weighted by atomic mass is 10.2. The third-order valence-electron chi connectivity index (χ3n) is 2.91. The average Bonchev–Trinajstić information content (AvgIpc) is 2.61. The van der Waals surface area contributed by atoms with Gasteiger partial charge in [-0.05, 0) is 6.92 Å². The number of anilines is 1. The number of nitrogen functional groups attached to an aromatic ring is 1. The second-order valence-electron chi connectivity index (χ2n) is 4.40. The number of imidazole rings is 1. The van der Waals surface area contributed by atoms with Crippen LogP contribution in [0.3, 0.4) is 0 Å². The lowest BCUT2D eigenvalue weighted by Crippen LogP contribution is -2.15. The lowest BCUT2D eigenvalue weighted by Gasteiger charge is -2.15. The highest BCUT2D eigenvalue weighted by molar-refractivity contribution is 7.84. The molecular formula is C12H16FN3O2S. The van der Waals surface area contributed by atoms with Crippen molar-refractivity contribution >= 4 is 27.8 Å². The standard InChI is InChI=1S/C12H16FN3O2S/c1-7(6-19(3)17)16-10-5-11(18-2)8(13)4-9(10)15-12(16)14/h4-5,7H,6H2,1-3H3,(H2,14,15). The number of fused-ring (bicyclic) bond motifs is 1. The number of halogens is 1. The van der Waals surface area contributed by atoms with Gasteiger partial charge in [0.25, 0.3) is 0 Å². The summed E-state index contributed by atoms with van der Waals surface area (Å²) in [5, 5.41) is 0. The van der Waals surface area contributed by atoms with Crippen molar-refractivity contribution in [2.24, 2.45) is 0 Å². The number of nitrogens with two attached hydrogens (primary N) is 1. The molecule has 1 heterocycles. The molecule has 0 spiro atoms. The Labute approximate surface area is 113 Å². The molecule has 5 nitrogen and oxygen atoms in total. The number of aromatic nitrogens is 2. The number of methoxy groups -OCH3 is 1. The zero-order chi connectivity index (χ0) is 14.2. The molecule has 0 aliphatic carbocycles. The van der Waals surface area contributed by atoms with E-state index in [1.165, 1.54) is 13.2 Å². The molecule has 7 heteroatoms. The SMILES string of the molecule is COc1cc2c(cc1F)nc(N)n2C(C)CS(C)=O. The molecule has 1 aromatic heterocycles. The molecule has 2 aromatic rings. The second-order valence-corrected chi connectivity index (χ2v) is 5.88. The van der Waals surface area contributed by atoms with Gasteiger partial charge >= 0.3 is 0 Å². The molecule has 2 rings (SSSR count). The number of ether oxygens (including phenoxy) is 1. The zero-order valence-corrected chi connectivity index (χ0v) is 11.8. The van der Waals surface area contributed by atoms with Gasteiger partial charge in [-0.15, -0.1) is 0 Å². The first-order valence-electron chi connectivity index (χ1n) is 5.75. The number of rotatable bonds is 4. The molecule has 0 amide bonds. The molecule has 1 aromatic carbocycles. The summed E-state index contributed by atoms with van der Waals surface area (Å²) in [6.45, 7) is 1.90. The number of benzene rings is 1. The van der Waals surface area contributed by atoms with Gasteiger partial charge in [-0.25, -0.2) is 9.37 Å². The summed E-state index contributed by atoms with van der Waals surface area (Å²) in [5.41, 5.74) is 7.00. The monoisotopic (exact) mass is 285 g/mol. The van der Waals surface area contributed by atoms with Crippen LogP contribution in [0, 0.1) is 5.82 Å². The van der Waals surface area contributed by atoms with Gasteiger partial charge in [-0.1, -0.05) is 0 Å². The minimum atomic E-state index is -0.952. The summed E-state index contributed by atoms with van der Waals surface area (Å²) in [7, 11) is 0.449. The Morgan fingerprint density at radius 1 is 1.58 bits per heavy atom. The largest absolute Gasteiger partial charge is 0.494 e. The van der Waals surface area contributed by atoms with Crippen molar-refractivity contribution in [2.45, 2.75) is 13.0 Å². The topological polar surface area (TPSA) is 70.1 Å². The molecule has 0 saturated carbocycles. The van der Waals surface area contributed by atoms with Crippen molar-refractivity contribution < 1.29 is 13.3 Å². The highest BCUT2D eigenvalue weighted by atomic mass is 32.2. The number of nitrogens with zero attached hydrogens (tertiary/aromatic N) is 2. The van der Waals surface area contributed by atoms with Crippen LogP contribution >= 0.6 is 0 Å². The van der Waals surface area contributed by atoms with Crippen molar-refractivity contribution in [1.29, 1.82) is 0 Å². The fourth-order valence-electron chi connectivity index (χ4n) is 2.15. The maximum Gasteiger partial charge on any atom is 0.201 e. The zero-order valence-electron chi connectivity index (χ0n) is 11.0. The molecule has 0 aliphatic rings. The minimum Gasteiger partial charge on any atom is -0.494 e. The van der Waals surface area contributed by atoms with Crippen LogP contribution < -0.4 is 10.5 Å². The smallest absolute Gasteiger partial charge is 0.201 e. The molecule has 0 saturated heterocycles. The minimum absolute atomic E-state index is 0.0917. The summed E-state index contributed by atoms with van der Waals surface area (Å²) in [5.74, 6) is 0.389. The Kier molecular flexibility index (Phi) is 3.75. The first kappa shape index (κ1) is 13.8. The van der Waals surface area contributed by atoms with E-state index < -0.39 is 16.6 Å². The summed E-state index contributed by atoms with van der Waals surface area (Å²) < 4.78 is 31.6. The molecule has 0 fully saturated rings. The highest BCUT2D eigenvalue weighted by Crippen LogP contribution is 2.28. The van der Waals surface area contributed by atoms with Crippen molar-refractivity contribution in [1.82, 2.24) is 9.55 Å². The summed E-state index contributed by atoms with van der Waals surface area (Å²) in [6, 6.07) is 2.76. The molecule has 2 N–H and O–H groups in total. The van der Waals surface area contributed by atoms with E-state index in [0.717, 1.165) is 0 Å². The summed E-state index contributed by atoms with van der Waals surface area (Å²) in [6.07, 6.45) is 1.63. The van der Waals surface area contributed by atoms with Crippen LogP contribution in [0.4, 0.5) is 10.3 Å². The highest BCUT2D eigenvalue weighted by Gasteiger charge is 2.17. The Bertz CT molecular complexity index is 641.